The van der Waals surface area contributed by atoms with Crippen LogP contribution in [0.25, 0.3) is 0 Å². The zero-order valence-electron chi connectivity index (χ0n) is 8.73. The quantitative estimate of drug-likeness (QED) is 0.518. The number of phenols is 1. The topological polar surface area (TPSA) is 92.4 Å². The molecule has 0 spiro atoms. The molecule has 5 nitrogen and oxygen atoms in total. The third kappa shape index (κ3) is 3.13. The Morgan fingerprint density at radius 3 is 2.56 bits per heavy atom. The molecule has 0 aliphatic heterocycles. The standard InChI is InChI=1S/C11H12N2O3/c1-7(6-10(12)15)11(16)13-8-4-2-3-5-9(8)14/h2-6,14H,1H3,(H2,12,15)(H,13,16)/b7-6+. The first-order chi connectivity index (χ1) is 7.50. The molecule has 0 heterocycles. The summed E-state index contributed by atoms with van der Waals surface area (Å²) < 4.78 is 0. The number of nitrogens with two attached hydrogens (primary N) is 1. The fraction of sp³-hybridized carbons (Fsp3) is 0.0909. The van der Waals surface area contributed by atoms with E-state index in [-0.39, 0.29) is 17.0 Å². The van der Waals surface area contributed by atoms with Gasteiger partial charge in [0.25, 0.3) is 5.91 Å². The van der Waals surface area contributed by atoms with Gasteiger partial charge in [-0.3, -0.25) is 9.59 Å². The van der Waals surface area contributed by atoms with Gasteiger partial charge in [0, 0.05) is 11.6 Å². The second-order valence-corrected chi connectivity index (χ2v) is 3.20. The molecule has 0 atom stereocenters. The molecule has 0 aromatic heterocycles. The maximum atomic E-state index is 11.5. The van der Waals surface area contributed by atoms with Crippen LogP contribution in [0, 0.1) is 0 Å². The van der Waals surface area contributed by atoms with Gasteiger partial charge in [0.15, 0.2) is 0 Å². The third-order valence-corrected chi connectivity index (χ3v) is 1.87. The molecule has 16 heavy (non-hydrogen) atoms. The smallest absolute Gasteiger partial charge is 0.251 e. The first kappa shape index (κ1) is 11.8. The van der Waals surface area contributed by atoms with Gasteiger partial charge < -0.3 is 16.2 Å². The molecule has 0 aliphatic carbocycles. The molecular formula is C11H12N2O3. The van der Waals surface area contributed by atoms with Gasteiger partial charge in [-0.1, -0.05) is 12.1 Å². The Hall–Kier alpha value is -2.30. The number of primary amides is 1. The van der Waals surface area contributed by atoms with E-state index in [1.54, 1.807) is 18.2 Å². The summed E-state index contributed by atoms with van der Waals surface area (Å²) in [7, 11) is 0. The first-order valence-electron chi connectivity index (χ1n) is 4.58. The summed E-state index contributed by atoms with van der Waals surface area (Å²) in [6.07, 6.45) is 1.02. The Morgan fingerprint density at radius 1 is 1.38 bits per heavy atom. The highest BCUT2D eigenvalue weighted by atomic mass is 16.3. The second-order valence-electron chi connectivity index (χ2n) is 3.20. The molecule has 0 saturated heterocycles. The number of aromatic hydroxyl groups is 1. The molecular weight excluding hydrogens is 208 g/mol. The van der Waals surface area contributed by atoms with Crippen molar-refractivity contribution in [1.29, 1.82) is 0 Å². The lowest BCUT2D eigenvalue weighted by atomic mass is 10.2. The summed E-state index contributed by atoms with van der Waals surface area (Å²) in [5.41, 5.74) is 5.37. The molecule has 0 radical (unpaired) electrons. The zero-order chi connectivity index (χ0) is 12.1. The second kappa shape index (κ2) is 4.97. The number of carbonyl (C=O) groups is 2. The van der Waals surface area contributed by atoms with Gasteiger partial charge in [0.05, 0.1) is 5.69 Å². The van der Waals surface area contributed by atoms with Crippen LogP contribution in [0.4, 0.5) is 5.69 Å². The van der Waals surface area contributed by atoms with Crippen LogP contribution >= 0.6 is 0 Å². The highest BCUT2D eigenvalue weighted by molar-refractivity contribution is 6.07. The normalized spacial score (nSPS) is 10.9. The molecule has 0 fully saturated rings. The molecule has 0 saturated carbocycles. The Bertz CT molecular complexity index is 452. The molecule has 1 rings (SSSR count). The summed E-state index contributed by atoms with van der Waals surface area (Å²) in [5.74, 6) is -1.21. The van der Waals surface area contributed by atoms with Crippen molar-refractivity contribution in [2.75, 3.05) is 5.32 Å². The van der Waals surface area contributed by atoms with Crippen molar-refractivity contribution in [3.05, 3.63) is 35.9 Å². The summed E-state index contributed by atoms with van der Waals surface area (Å²) in [6, 6.07) is 6.30. The number of carbonyl (C=O) groups excluding carboxylic acids is 2. The molecule has 5 heteroatoms. The van der Waals surface area contributed by atoms with E-state index in [0.29, 0.717) is 0 Å². The Morgan fingerprint density at radius 2 is 2.00 bits per heavy atom. The highest BCUT2D eigenvalue weighted by Gasteiger charge is 2.07. The maximum absolute atomic E-state index is 11.5. The number of amides is 2. The number of hydrogen-bond acceptors (Lipinski definition) is 3. The summed E-state index contributed by atoms with van der Waals surface area (Å²) in [5, 5.41) is 11.8. The number of phenolic OH excluding ortho intramolecular Hbond substituents is 1. The van der Waals surface area contributed by atoms with Crippen LogP contribution in [-0.4, -0.2) is 16.9 Å². The molecule has 84 valence electrons. The minimum Gasteiger partial charge on any atom is -0.506 e. The predicted molar refractivity (Wildman–Crippen MR) is 59.7 cm³/mol. The van der Waals surface area contributed by atoms with E-state index in [0.717, 1.165) is 6.08 Å². The maximum Gasteiger partial charge on any atom is 0.251 e. The van der Waals surface area contributed by atoms with Gasteiger partial charge in [-0.25, -0.2) is 0 Å². The van der Waals surface area contributed by atoms with Crippen LogP contribution in [0.15, 0.2) is 35.9 Å². The van der Waals surface area contributed by atoms with E-state index in [2.05, 4.69) is 5.32 Å². The largest absolute Gasteiger partial charge is 0.506 e. The van der Waals surface area contributed by atoms with Crippen LogP contribution in [0.1, 0.15) is 6.92 Å². The van der Waals surface area contributed by atoms with Crippen molar-refractivity contribution in [2.45, 2.75) is 6.92 Å². The van der Waals surface area contributed by atoms with Crippen LogP contribution in [-0.2, 0) is 9.59 Å². The fourth-order valence-corrected chi connectivity index (χ4v) is 1.08. The lowest BCUT2D eigenvalue weighted by molar-refractivity contribution is -0.115. The molecule has 1 aromatic rings. The van der Waals surface area contributed by atoms with Gasteiger partial charge in [-0.2, -0.15) is 0 Å². The van der Waals surface area contributed by atoms with E-state index in [9.17, 15) is 14.7 Å². The summed E-state index contributed by atoms with van der Waals surface area (Å²) >= 11 is 0. The zero-order valence-corrected chi connectivity index (χ0v) is 8.73. The number of para-hydroxylation sites is 2. The molecule has 0 bridgehead atoms. The highest BCUT2D eigenvalue weighted by Crippen LogP contribution is 2.21. The van der Waals surface area contributed by atoms with Crippen molar-refractivity contribution < 1.29 is 14.7 Å². The number of rotatable bonds is 3. The molecule has 2 amide bonds. The van der Waals surface area contributed by atoms with E-state index in [1.165, 1.54) is 13.0 Å². The Labute approximate surface area is 92.6 Å². The summed E-state index contributed by atoms with van der Waals surface area (Å²) in [4.78, 5) is 22.1. The molecule has 0 unspecified atom stereocenters. The van der Waals surface area contributed by atoms with Crippen LogP contribution < -0.4 is 11.1 Å². The minimum atomic E-state index is -0.690. The Balaban J connectivity index is 2.80. The van der Waals surface area contributed by atoms with Crippen LogP contribution in [0.5, 0.6) is 5.75 Å². The lowest BCUT2D eigenvalue weighted by Crippen LogP contribution is -2.16. The average Bonchev–Trinajstić information content (AvgIpc) is 2.20. The fourth-order valence-electron chi connectivity index (χ4n) is 1.08. The lowest BCUT2D eigenvalue weighted by Gasteiger charge is -2.06. The van der Waals surface area contributed by atoms with Crippen molar-refractivity contribution in [3.63, 3.8) is 0 Å². The minimum absolute atomic E-state index is 0.0391. The SMILES string of the molecule is C/C(=C\C(N)=O)C(=O)Nc1ccccc1O. The van der Waals surface area contributed by atoms with Gasteiger partial charge >= 0.3 is 0 Å². The molecule has 0 aliphatic rings. The van der Waals surface area contributed by atoms with Crippen molar-refractivity contribution in [3.8, 4) is 5.75 Å². The van der Waals surface area contributed by atoms with E-state index in [1.807, 2.05) is 0 Å². The van der Waals surface area contributed by atoms with E-state index < -0.39 is 11.8 Å². The van der Waals surface area contributed by atoms with Crippen LogP contribution in [0.3, 0.4) is 0 Å². The number of benzene rings is 1. The number of anilines is 1. The monoisotopic (exact) mass is 220 g/mol. The van der Waals surface area contributed by atoms with Gasteiger partial charge in [-0.05, 0) is 19.1 Å². The molecule has 1 aromatic carbocycles. The van der Waals surface area contributed by atoms with Gasteiger partial charge in [-0.15, -0.1) is 0 Å². The van der Waals surface area contributed by atoms with Gasteiger partial charge in [0.1, 0.15) is 5.75 Å². The first-order valence-corrected chi connectivity index (χ1v) is 4.58. The van der Waals surface area contributed by atoms with E-state index in [4.69, 9.17) is 5.73 Å². The number of hydrogen-bond donors (Lipinski definition) is 3. The van der Waals surface area contributed by atoms with Crippen LogP contribution in [0.2, 0.25) is 0 Å². The van der Waals surface area contributed by atoms with Gasteiger partial charge in [0.2, 0.25) is 5.91 Å². The average molecular weight is 220 g/mol. The van der Waals surface area contributed by atoms with E-state index >= 15 is 0 Å². The van der Waals surface area contributed by atoms with Crippen molar-refractivity contribution >= 4 is 17.5 Å². The molecule has 4 N–H and O–H groups in total. The Kier molecular flexibility index (Phi) is 3.66. The van der Waals surface area contributed by atoms with Crippen molar-refractivity contribution in [1.82, 2.24) is 0 Å². The van der Waals surface area contributed by atoms with Crippen molar-refractivity contribution in [2.24, 2.45) is 5.73 Å². The summed E-state index contributed by atoms with van der Waals surface area (Å²) in [6.45, 7) is 1.46. The predicted octanol–water partition coefficient (Wildman–Crippen LogP) is 0.762. The third-order valence-electron chi connectivity index (χ3n) is 1.87. The number of nitrogens with one attached hydrogen (secondary N) is 1.